The van der Waals surface area contributed by atoms with Gasteiger partial charge in [0.05, 0.1) is 23.7 Å². The van der Waals surface area contributed by atoms with E-state index in [1.807, 2.05) is 24.7 Å². The van der Waals surface area contributed by atoms with Gasteiger partial charge in [-0.15, -0.1) is 0 Å². The lowest BCUT2D eigenvalue weighted by Gasteiger charge is -2.06. The zero-order valence-electron chi connectivity index (χ0n) is 9.95. The Kier molecular flexibility index (Phi) is 2.83. The lowest BCUT2D eigenvalue weighted by Crippen LogP contribution is -2.03. The van der Waals surface area contributed by atoms with Gasteiger partial charge in [-0.3, -0.25) is 4.68 Å². The molecule has 16 heavy (non-hydrogen) atoms. The third-order valence-corrected chi connectivity index (χ3v) is 2.80. The number of benzene rings is 1. The van der Waals surface area contributed by atoms with Crippen LogP contribution in [0.2, 0.25) is 0 Å². The first-order chi connectivity index (χ1) is 7.67. The van der Waals surface area contributed by atoms with Gasteiger partial charge in [0, 0.05) is 7.05 Å². The molecular weight excluding hydrogens is 202 g/mol. The molecule has 0 spiro atoms. The van der Waals surface area contributed by atoms with Crippen LogP contribution in [0.1, 0.15) is 11.3 Å². The van der Waals surface area contributed by atoms with Gasteiger partial charge in [0.2, 0.25) is 0 Å². The van der Waals surface area contributed by atoms with Crippen LogP contribution in [0.4, 0.5) is 0 Å². The quantitative estimate of drug-likeness (QED) is 0.848. The van der Waals surface area contributed by atoms with Gasteiger partial charge in [-0.1, -0.05) is 0 Å². The molecule has 86 valence electrons. The molecule has 0 amide bonds. The molecule has 1 heterocycles. The highest BCUT2D eigenvalue weighted by Gasteiger charge is 2.11. The van der Waals surface area contributed by atoms with E-state index in [9.17, 15) is 0 Å². The van der Waals surface area contributed by atoms with Gasteiger partial charge in [-0.05, 0) is 37.6 Å². The molecular formula is C12H17N3O. The van der Waals surface area contributed by atoms with E-state index in [1.54, 1.807) is 7.11 Å². The third-order valence-electron chi connectivity index (χ3n) is 2.80. The highest BCUT2D eigenvalue weighted by Crippen LogP contribution is 2.29. The molecule has 0 aliphatic heterocycles. The molecule has 0 saturated carbocycles. The normalized spacial score (nSPS) is 11.0. The summed E-state index contributed by atoms with van der Waals surface area (Å²) in [4.78, 5) is 0. The molecule has 0 radical (unpaired) electrons. The van der Waals surface area contributed by atoms with E-state index in [-0.39, 0.29) is 0 Å². The van der Waals surface area contributed by atoms with Crippen molar-refractivity contribution in [3.63, 3.8) is 0 Å². The van der Waals surface area contributed by atoms with Gasteiger partial charge in [0.1, 0.15) is 5.75 Å². The number of aryl methyl sites for hydroxylation is 2. The number of rotatable bonds is 3. The number of aromatic nitrogens is 2. The largest absolute Gasteiger partial charge is 0.496 e. The van der Waals surface area contributed by atoms with E-state index in [0.29, 0.717) is 6.54 Å². The molecule has 1 aromatic heterocycles. The molecule has 0 atom stereocenters. The number of ether oxygens (including phenoxy) is 1. The van der Waals surface area contributed by atoms with Gasteiger partial charge in [0.25, 0.3) is 0 Å². The first kappa shape index (κ1) is 11.0. The summed E-state index contributed by atoms with van der Waals surface area (Å²) in [7, 11) is 3.63. The van der Waals surface area contributed by atoms with E-state index >= 15 is 0 Å². The van der Waals surface area contributed by atoms with Crippen molar-refractivity contribution >= 4 is 10.9 Å². The van der Waals surface area contributed by atoms with Crippen molar-refractivity contribution in [2.75, 3.05) is 13.7 Å². The Morgan fingerprint density at radius 1 is 1.44 bits per heavy atom. The lowest BCUT2D eigenvalue weighted by atomic mass is 10.1. The number of nitrogens with two attached hydrogens (primary N) is 1. The Hall–Kier alpha value is -1.55. The predicted molar refractivity (Wildman–Crippen MR) is 64.8 cm³/mol. The average molecular weight is 219 g/mol. The second-order valence-electron chi connectivity index (χ2n) is 3.94. The van der Waals surface area contributed by atoms with E-state index in [1.165, 1.54) is 5.56 Å². The molecule has 2 rings (SSSR count). The summed E-state index contributed by atoms with van der Waals surface area (Å²) in [6, 6.07) is 4.18. The second-order valence-corrected chi connectivity index (χ2v) is 3.94. The van der Waals surface area contributed by atoms with Gasteiger partial charge >= 0.3 is 0 Å². The van der Waals surface area contributed by atoms with Crippen molar-refractivity contribution < 1.29 is 4.74 Å². The standard InChI is InChI=1S/C12H17N3O/c1-8-12-10(15(2)14-8)6-9(4-5-13)7-11(12)16-3/h6-7H,4-5,13H2,1-3H3. The fraction of sp³-hybridized carbons (Fsp3) is 0.417. The Bertz CT molecular complexity index is 516. The van der Waals surface area contributed by atoms with E-state index < -0.39 is 0 Å². The maximum absolute atomic E-state index is 5.58. The van der Waals surface area contributed by atoms with Crippen LogP contribution in [0.15, 0.2) is 12.1 Å². The van der Waals surface area contributed by atoms with Gasteiger partial charge in [0.15, 0.2) is 0 Å². The van der Waals surface area contributed by atoms with Gasteiger partial charge < -0.3 is 10.5 Å². The molecule has 2 N–H and O–H groups in total. The molecule has 2 aromatic rings. The summed E-state index contributed by atoms with van der Waals surface area (Å²) in [5.41, 5.74) is 8.86. The number of hydrogen-bond acceptors (Lipinski definition) is 3. The minimum atomic E-state index is 0.644. The monoisotopic (exact) mass is 219 g/mol. The molecule has 0 aliphatic rings. The van der Waals surface area contributed by atoms with E-state index in [0.717, 1.165) is 28.8 Å². The van der Waals surface area contributed by atoms with Crippen molar-refractivity contribution in [2.45, 2.75) is 13.3 Å². The molecule has 1 aromatic carbocycles. The lowest BCUT2D eigenvalue weighted by molar-refractivity contribution is 0.419. The third kappa shape index (κ3) is 1.65. The zero-order valence-corrected chi connectivity index (χ0v) is 9.95. The highest BCUT2D eigenvalue weighted by molar-refractivity contribution is 5.88. The highest BCUT2D eigenvalue weighted by atomic mass is 16.5. The SMILES string of the molecule is COc1cc(CCN)cc2c1c(C)nn2C. The van der Waals surface area contributed by atoms with Crippen LogP contribution >= 0.6 is 0 Å². The van der Waals surface area contributed by atoms with E-state index in [4.69, 9.17) is 10.5 Å². The maximum atomic E-state index is 5.58. The van der Waals surface area contributed by atoms with Crippen LogP contribution in [0.5, 0.6) is 5.75 Å². The van der Waals surface area contributed by atoms with Crippen LogP contribution in [0.25, 0.3) is 10.9 Å². The number of nitrogens with zero attached hydrogens (tertiary/aromatic N) is 2. The molecule has 0 bridgehead atoms. The number of fused-ring (bicyclic) bond motifs is 1. The smallest absolute Gasteiger partial charge is 0.130 e. The predicted octanol–water partition coefficient (Wildman–Crippen LogP) is 1.39. The van der Waals surface area contributed by atoms with Crippen LogP contribution in [0, 0.1) is 6.92 Å². The summed E-state index contributed by atoms with van der Waals surface area (Å²) >= 11 is 0. The van der Waals surface area contributed by atoms with Crippen molar-refractivity contribution in [1.82, 2.24) is 9.78 Å². The number of hydrogen-bond donors (Lipinski definition) is 1. The zero-order chi connectivity index (χ0) is 11.7. The molecule has 0 aliphatic carbocycles. The Morgan fingerprint density at radius 2 is 2.19 bits per heavy atom. The summed E-state index contributed by atoms with van der Waals surface area (Å²) in [6.07, 6.45) is 0.858. The Balaban J connectivity index is 2.70. The van der Waals surface area contributed by atoms with Gasteiger partial charge in [-0.25, -0.2) is 0 Å². The number of methoxy groups -OCH3 is 1. The molecule has 4 heteroatoms. The average Bonchev–Trinajstić information content (AvgIpc) is 2.54. The molecule has 0 unspecified atom stereocenters. The summed E-state index contributed by atoms with van der Waals surface area (Å²) in [5.74, 6) is 0.881. The fourth-order valence-corrected chi connectivity index (χ4v) is 2.08. The van der Waals surface area contributed by atoms with Crippen molar-refractivity contribution in [2.24, 2.45) is 12.8 Å². The van der Waals surface area contributed by atoms with Crippen molar-refractivity contribution in [3.8, 4) is 5.75 Å². The van der Waals surface area contributed by atoms with Crippen molar-refractivity contribution in [3.05, 3.63) is 23.4 Å². The topological polar surface area (TPSA) is 53.1 Å². The molecule has 0 saturated heterocycles. The van der Waals surface area contributed by atoms with Gasteiger partial charge in [-0.2, -0.15) is 5.10 Å². The first-order valence-electron chi connectivity index (χ1n) is 5.37. The van der Waals surface area contributed by atoms with E-state index in [2.05, 4.69) is 11.2 Å². The summed E-state index contributed by atoms with van der Waals surface area (Å²) in [6.45, 7) is 2.64. The minimum Gasteiger partial charge on any atom is -0.496 e. The van der Waals surface area contributed by atoms with Crippen LogP contribution < -0.4 is 10.5 Å². The Labute approximate surface area is 95.0 Å². The Morgan fingerprint density at radius 3 is 2.81 bits per heavy atom. The van der Waals surface area contributed by atoms with Crippen molar-refractivity contribution in [1.29, 1.82) is 0 Å². The summed E-state index contributed by atoms with van der Waals surface area (Å²) < 4.78 is 7.30. The molecule has 4 nitrogen and oxygen atoms in total. The van der Waals surface area contributed by atoms with Crippen LogP contribution in [-0.4, -0.2) is 23.4 Å². The van der Waals surface area contributed by atoms with Crippen LogP contribution in [0.3, 0.4) is 0 Å². The van der Waals surface area contributed by atoms with Crippen LogP contribution in [-0.2, 0) is 13.5 Å². The fourth-order valence-electron chi connectivity index (χ4n) is 2.08. The maximum Gasteiger partial charge on any atom is 0.130 e. The molecule has 0 fully saturated rings. The first-order valence-corrected chi connectivity index (χ1v) is 5.37. The summed E-state index contributed by atoms with van der Waals surface area (Å²) in [5, 5.41) is 5.49. The minimum absolute atomic E-state index is 0.644. The second kappa shape index (κ2) is 4.14.